The van der Waals surface area contributed by atoms with E-state index >= 15 is 0 Å². The molecule has 28 heavy (non-hydrogen) atoms. The quantitative estimate of drug-likeness (QED) is 0.518. The average Bonchev–Trinajstić information content (AvgIpc) is 2.73. The molecular weight excluding hydrogens is 418 g/mol. The molecule has 1 atom stereocenters. The Morgan fingerprint density at radius 2 is 1.50 bits per heavy atom. The number of carbonyl (C=O) groups is 2. The summed E-state index contributed by atoms with van der Waals surface area (Å²) >= 11 is 3.38. The van der Waals surface area contributed by atoms with E-state index in [4.69, 9.17) is 4.74 Å². The Morgan fingerprint density at radius 3 is 2.14 bits per heavy atom. The number of ether oxygens (including phenoxy) is 1. The van der Waals surface area contributed by atoms with Crippen LogP contribution < -0.4 is 5.32 Å². The van der Waals surface area contributed by atoms with Crippen molar-refractivity contribution in [3.05, 3.63) is 106 Å². The van der Waals surface area contributed by atoms with Crippen LogP contribution in [-0.2, 0) is 17.8 Å². The molecule has 0 aromatic heterocycles. The second-order valence-corrected chi connectivity index (χ2v) is 7.24. The van der Waals surface area contributed by atoms with Gasteiger partial charge in [0.15, 0.2) is 5.78 Å². The predicted octanol–water partition coefficient (Wildman–Crippen LogP) is 5.17. The Morgan fingerprint density at radius 1 is 0.857 bits per heavy atom. The van der Waals surface area contributed by atoms with Gasteiger partial charge in [-0.1, -0.05) is 88.7 Å². The number of halogens is 1. The summed E-state index contributed by atoms with van der Waals surface area (Å²) in [7, 11) is 0. The molecule has 0 saturated carbocycles. The number of benzene rings is 3. The lowest BCUT2D eigenvalue weighted by Crippen LogP contribution is -2.42. The van der Waals surface area contributed by atoms with Gasteiger partial charge in [-0.3, -0.25) is 4.79 Å². The first-order valence-electron chi connectivity index (χ1n) is 8.93. The van der Waals surface area contributed by atoms with Gasteiger partial charge in [-0.05, 0) is 23.3 Å². The molecule has 0 aliphatic rings. The van der Waals surface area contributed by atoms with Gasteiger partial charge in [-0.2, -0.15) is 0 Å². The number of hydrogen-bond donors (Lipinski definition) is 1. The zero-order valence-corrected chi connectivity index (χ0v) is 16.8. The summed E-state index contributed by atoms with van der Waals surface area (Å²) in [5, 5.41) is 2.73. The van der Waals surface area contributed by atoms with E-state index in [1.165, 1.54) is 0 Å². The summed E-state index contributed by atoms with van der Waals surface area (Å²) < 4.78 is 6.10. The fourth-order valence-electron chi connectivity index (χ4n) is 2.81. The number of nitrogens with one attached hydrogen (secondary N) is 1. The van der Waals surface area contributed by atoms with Gasteiger partial charge in [0.2, 0.25) is 0 Å². The van der Waals surface area contributed by atoms with E-state index in [-0.39, 0.29) is 12.4 Å². The van der Waals surface area contributed by atoms with Crippen molar-refractivity contribution < 1.29 is 14.3 Å². The zero-order chi connectivity index (χ0) is 19.8. The van der Waals surface area contributed by atoms with Crippen LogP contribution in [-0.4, -0.2) is 17.9 Å². The van der Waals surface area contributed by atoms with E-state index < -0.39 is 12.1 Å². The van der Waals surface area contributed by atoms with Gasteiger partial charge in [-0.15, -0.1) is 0 Å². The van der Waals surface area contributed by atoms with Crippen molar-refractivity contribution in [3.63, 3.8) is 0 Å². The standard InChI is InChI=1S/C23H20BrNO3/c24-20-13-7-12-19(15-20)22(26)21(14-17-8-3-1-4-9-17)25-23(27)28-16-18-10-5-2-6-11-18/h1-13,15,21H,14,16H2,(H,25,27)/t21-/m0/s1. The molecule has 5 heteroatoms. The van der Waals surface area contributed by atoms with Crippen LogP contribution in [0.25, 0.3) is 0 Å². The van der Waals surface area contributed by atoms with Crippen LogP contribution in [0.1, 0.15) is 21.5 Å². The first kappa shape index (κ1) is 19.8. The van der Waals surface area contributed by atoms with Crippen molar-refractivity contribution in [2.24, 2.45) is 0 Å². The monoisotopic (exact) mass is 437 g/mol. The molecule has 3 aromatic rings. The van der Waals surface area contributed by atoms with Crippen LogP contribution in [0.3, 0.4) is 0 Å². The highest BCUT2D eigenvalue weighted by Crippen LogP contribution is 2.15. The number of alkyl carbamates (subject to hydrolysis) is 1. The van der Waals surface area contributed by atoms with Crippen LogP contribution >= 0.6 is 15.9 Å². The molecule has 0 saturated heterocycles. The van der Waals surface area contributed by atoms with Gasteiger partial charge in [0.25, 0.3) is 0 Å². The molecule has 3 aromatic carbocycles. The number of carbonyl (C=O) groups excluding carboxylic acids is 2. The van der Waals surface area contributed by atoms with E-state index in [2.05, 4.69) is 21.2 Å². The Labute approximate surface area is 172 Å². The van der Waals surface area contributed by atoms with E-state index in [9.17, 15) is 9.59 Å². The topological polar surface area (TPSA) is 55.4 Å². The third-order valence-electron chi connectivity index (χ3n) is 4.21. The first-order valence-corrected chi connectivity index (χ1v) is 9.72. The second-order valence-electron chi connectivity index (χ2n) is 6.32. The summed E-state index contributed by atoms with van der Waals surface area (Å²) in [6.07, 6.45) is -0.236. The number of Topliss-reactive ketones (excluding diaryl/α,β-unsaturated/α-hetero) is 1. The molecule has 4 nitrogen and oxygen atoms in total. The van der Waals surface area contributed by atoms with Crippen LogP contribution in [0.5, 0.6) is 0 Å². The van der Waals surface area contributed by atoms with E-state index in [1.807, 2.05) is 66.7 Å². The van der Waals surface area contributed by atoms with Crippen LogP contribution in [0.4, 0.5) is 4.79 Å². The number of ketones is 1. The van der Waals surface area contributed by atoms with E-state index in [0.29, 0.717) is 12.0 Å². The molecule has 0 spiro atoms. The molecular formula is C23H20BrNO3. The maximum absolute atomic E-state index is 13.0. The predicted molar refractivity (Wildman–Crippen MR) is 112 cm³/mol. The molecule has 142 valence electrons. The Balaban J connectivity index is 1.71. The number of rotatable bonds is 7. The Bertz CT molecular complexity index is 929. The molecule has 0 heterocycles. The minimum Gasteiger partial charge on any atom is -0.445 e. The fraction of sp³-hybridized carbons (Fsp3) is 0.130. The molecule has 1 N–H and O–H groups in total. The van der Waals surface area contributed by atoms with Gasteiger partial charge in [0.1, 0.15) is 6.61 Å². The fourth-order valence-corrected chi connectivity index (χ4v) is 3.21. The second kappa shape index (κ2) is 9.85. The maximum Gasteiger partial charge on any atom is 0.408 e. The minimum atomic E-state index is -0.722. The van der Waals surface area contributed by atoms with Crippen molar-refractivity contribution in [1.82, 2.24) is 5.32 Å². The van der Waals surface area contributed by atoms with Crippen molar-refractivity contribution in [2.45, 2.75) is 19.1 Å². The highest BCUT2D eigenvalue weighted by atomic mass is 79.9. The lowest BCUT2D eigenvalue weighted by atomic mass is 9.98. The normalized spacial score (nSPS) is 11.5. The molecule has 0 unspecified atom stereocenters. The first-order chi connectivity index (χ1) is 13.6. The summed E-state index contributed by atoms with van der Waals surface area (Å²) in [4.78, 5) is 25.3. The van der Waals surface area contributed by atoms with Crippen molar-refractivity contribution in [3.8, 4) is 0 Å². The molecule has 0 bridgehead atoms. The highest BCUT2D eigenvalue weighted by molar-refractivity contribution is 9.10. The minimum absolute atomic E-state index is 0.149. The smallest absolute Gasteiger partial charge is 0.408 e. The molecule has 0 fully saturated rings. The van der Waals surface area contributed by atoms with Crippen LogP contribution in [0.2, 0.25) is 0 Å². The van der Waals surface area contributed by atoms with Crippen molar-refractivity contribution in [1.29, 1.82) is 0 Å². The summed E-state index contributed by atoms with van der Waals surface area (Å²) in [6.45, 7) is 0.149. The summed E-state index contributed by atoms with van der Waals surface area (Å²) in [6, 6.07) is 25.4. The molecule has 0 aliphatic heterocycles. The number of hydrogen-bond acceptors (Lipinski definition) is 3. The third-order valence-corrected chi connectivity index (χ3v) is 4.71. The average molecular weight is 438 g/mol. The van der Waals surface area contributed by atoms with Gasteiger partial charge in [0.05, 0.1) is 6.04 Å². The largest absolute Gasteiger partial charge is 0.445 e. The summed E-state index contributed by atoms with van der Waals surface area (Å²) in [5.74, 6) is -0.165. The van der Waals surface area contributed by atoms with Crippen molar-refractivity contribution in [2.75, 3.05) is 0 Å². The molecule has 0 aliphatic carbocycles. The Kier molecular flexibility index (Phi) is 6.98. The zero-order valence-electron chi connectivity index (χ0n) is 15.2. The van der Waals surface area contributed by atoms with Gasteiger partial charge >= 0.3 is 6.09 Å². The lowest BCUT2D eigenvalue weighted by Gasteiger charge is -2.18. The van der Waals surface area contributed by atoms with E-state index in [1.54, 1.807) is 18.2 Å². The third kappa shape index (κ3) is 5.79. The SMILES string of the molecule is O=C(N[C@@H](Cc1ccccc1)C(=O)c1cccc(Br)c1)OCc1ccccc1. The van der Waals surface area contributed by atoms with Crippen LogP contribution in [0.15, 0.2) is 89.4 Å². The maximum atomic E-state index is 13.0. The molecule has 0 radical (unpaired) electrons. The highest BCUT2D eigenvalue weighted by Gasteiger charge is 2.23. The Hall–Kier alpha value is -2.92. The lowest BCUT2D eigenvalue weighted by molar-refractivity contribution is 0.0916. The van der Waals surface area contributed by atoms with E-state index in [0.717, 1.165) is 15.6 Å². The molecule has 1 amide bonds. The van der Waals surface area contributed by atoms with Crippen LogP contribution in [0, 0.1) is 0 Å². The molecule has 3 rings (SSSR count). The van der Waals surface area contributed by atoms with Crippen molar-refractivity contribution >= 4 is 27.8 Å². The van der Waals surface area contributed by atoms with Gasteiger partial charge < -0.3 is 10.1 Å². The van der Waals surface area contributed by atoms with Gasteiger partial charge in [-0.25, -0.2) is 4.79 Å². The summed E-state index contributed by atoms with van der Waals surface area (Å²) in [5.41, 5.74) is 2.37. The number of amides is 1. The van der Waals surface area contributed by atoms with Gasteiger partial charge in [0, 0.05) is 16.5 Å².